The lowest BCUT2D eigenvalue weighted by atomic mass is 10.1. The van der Waals surface area contributed by atoms with Crippen molar-refractivity contribution in [1.29, 1.82) is 0 Å². The van der Waals surface area contributed by atoms with E-state index in [2.05, 4.69) is 68.5 Å². The summed E-state index contributed by atoms with van der Waals surface area (Å²) in [6.45, 7) is 11.7. The Hall–Kier alpha value is -3.29. The molecule has 2 aromatic heterocycles. The molecule has 2 rings (SSSR count). The number of nitrogens with zero attached hydrogens (tertiary/aromatic N) is 5. The second-order valence-corrected chi connectivity index (χ2v) is 6.99. The van der Waals surface area contributed by atoms with Crippen LogP contribution in [0.25, 0.3) is 11.2 Å². The molecule has 0 amide bonds. The third kappa shape index (κ3) is 7.16. The van der Waals surface area contributed by atoms with Gasteiger partial charge in [0.25, 0.3) is 0 Å². The number of aliphatic imine (C=N–C) groups is 2. The molecule has 31 heavy (non-hydrogen) atoms. The van der Waals surface area contributed by atoms with Crippen LogP contribution >= 0.6 is 0 Å². The molecular formula is C23H34N8. The first-order valence-corrected chi connectivity index (χ1v) is 10.8. The van der Waals surface area contributed by atoms with Crippen LogP contribution in [0.1, 0.15) is 53.9 Å². The summed E-state index contributed by atoms with van der Waals surface area (Å²) in [6.07, 6.45) is 14.0. The number of aromatic nitrogens is 4. The number of hydrogen-bond donors (Lipinski definition) is 3. The molecule has 0 radical (unpaired) electrons. The molecule has 8 nitrogen and oxygen atoms in total. The average molecular weight is 423 g/mol. The summed E-state index contributed by atoms with van der Waals surface area (Å²) >= 11 is 0. The van der Waals surface area contributed by atoms with Crippen LogP contribution in [-0.4, -0.2) is 45.5 Å². The largest absolute Gasteiger partial charge is 0.380 e. The third-order valence-electron chi connectivity index (χ3n) is 4.67. The van der Waals surface area contributed by atoms with Gasteiger partial charge in [-0.05, 0) is 39.2 Å². The van der Waals surface area contributed by atoms with Crippen LogP contribution in [0.4, 0.5) is 5.82 Å². The number of anilines is 1. The van der Waals surface area contributed by atoms with Crippen molar-refractivity contribution in [2.24, 2.45) is 9.98 Å². The summed E-state index contributed by atoms with van der Waals surface area (Å²) in [4.78, 5) is 24.8. The lowest BCUT2D eigenvalue weighted by Crippen LogP contribution is -2.17. The predicted molar refractivity (Wildman–Crippen MR) is 131 cm³/mol. The molecule has 0 aliphatic heterocycles. The molecule has 0 saturated heterocycles. The molecule has 166 valence electrons. The van der Waals surface area contributed by atoms with Gasteiger partial charge in [-0.3, -0.25) is 9.98 Å². The fourth-order valence-electron chi connectivity index (χ4n) is 2.87. The maximum atomic E-state index is 4.74. The second-order valence-electron chi connectivity index (χ2n) is 6.99. The molecule has 2 aromatic rings. The van der Waals surface area contributed by atoms with Gasteiger partial charge in [-0.15, -0.1) is 0 Å². The van der Waals surface area contributed by atoms with Gasteiger partial charge in [0.15, 0.2) is 11.5 Å². The molecular weight excluding hydrogens is 388 g/mol. The highest BCUT2D eigenvalue weighted by Crippen LogP contribution is 2.20. The number of fused-ring (bicyclic) bond motifs is 1. The summed E-state index contributed by atoms with van der Waals surface area (Å²) in [6, 6.07) is 0. The van der Waals surface area contributed by atoms with E-state index < -0.39 is 0 Å². The van der Waals surface area contributed by atoms with E-state index in [1.807, 2.05) is 20.1 Å². The van der Waals surface area contributed by atoms with Gasteiger partial charge in [-0.2, -0.15) is 0 Å². The number of hydrogen-bond acceptors (Lipinski definition) is 7. The Kier molecular flexibility index (Phi) is 10.1. The number of H-pyrrole nitrogens is 1. The highest BCUT2D eigenvalue weighted by atomic mass is 15.1. The average Bonchev–Trinajstić information content (AvgIpc) is 3.26. The lowest BCUT2D eigenvalue weighted by Gasteiger charge is -2.15. The molecule has 0 unspecified atom stereocenters. The lowest BCUT2D eigenvalue weighted by molar-refractivity contribution is 0.857. The van der Waals surface area contributed by atoms with Crippen molar-refractivity contribution in [3.63, 3.8) is 0 Å². The highest BCUT2D eigenvalue weighted by molar-refractivity contribution is 5.81. The van der Waals surface area contributed by atoms with Crippen molar-refractivity contribution < 1.29 is 0 Å². The maximum absolute atomic E-state index is 4.74. The Morgan fingerprint density at radius 2 is 1.90 bits per heavy atom. The van der Waals surface area contributed by atoms with Crippen LogP contribution in [0.15, 0.2) is 57.5 Å². The van der Waals surface area contributed by atoms with Gasteiger partial charge >= 0.3 is 0 Å². The van der Waals surface area contributed by atoms with Crippen LogP contribution in [0.3, 0.4) is 0 Å². The minimum Gasteiger partial charge on any atom is -0.380 e. The summed E-state index contributed by atoms with van der Waals surface area (Å²) in [5, 5.41) is 6.83. The number of nitrogens with one attached hydrogen (secondary N) is 3. The molecule has 0 atom stereocenters. The Labute approximate surface area is 184 Å². The van der Waals surface area contributed by atoms with Crippen molar-refractivity contribution in [2.75, 3.05) is 18.4 Å². The maximum Gasteiger partial charge on any atom is 0.182 e. The van der Waals surface area contributed by atoms with Crippen molar-refractivity contribution in [1.82, 2.24) is 25.3 Å². The zero-order valence-electron chi connectivity index (χ0n) is 19.2. The molecule has 0 aliphatic rings. The van der Waals surface area contributed by atoms with Crippen LogP contribution in [0, 0.1) is 0 Å². The van der Waals surface area contributed by atoms with E-state index in [1.54, 1.807) is 12.5 Å². The minimum absolute atomic E-state index is 0.648. The van der Waals surface area contributed by atoms with E-state index in [9.17, 15) is 0 Å². The van der Waals surface area contributed by atoms with Crippen LogP contribution in [-0.2, 0) is 0 Å². The summed E-state index contributed by atoms with van der Waals surface area (Å²) in [5.74, 6) is 0.742. The third-order valence-corrected chi connectivity index (χ3v) is 4.67. The van der Waals surface area contributed by atoms with E-state index >= 15 is 0 Å². The number of aromatic amines is 1. The van der Waals surface area contributed by atoms with E-state index in [1.165, 1.54) is 11.9 Å². The van der Waals surface area contributed by atoms with Crippen molar-refractivity contribution in [2.45, 2.75) is 53.9 Å². The van der Waals surface area contributed by atoms with E-state index in [0.717, 1.165) is 47.7 Å². The van der Waals surface area contributed by atoms with Crippen LogP contribution < -0.4 is 10.6 Å². The molecule has 8 heteroatoms. The normalized spacial score (nSPS) is 14.0. The number of imidazole rings is 1. The first kappa shape index (κ1) is 24.0. The Morgan fingerprint density at radius 1 is 1.10 bits per heavy atom. The summed E-state index contributed by atoms with van der Waals surface area (Å²) in [7, 11) is 0. The molecule has 0 spiro atoms. The van der Waals surface area contributed by atoms with Crippen LogP contribution in [0.2, 0.25) is 0 Å². The predicted octanol–water partition coefficient (Wildman–Crippen LogP) is 4.79. The number of rotatable bonds is 12. The highest BCUT2D eigenvalue weighted by Gasteiger charge is 2.10. The van der Waals surface area contributed by atoms with Gasteiger partial charge in [0.1, 0.15) is 17.5 Å². The zero-order chi connectivity index (χ0) is 22.5. The molecule has 0 aromatic carbocycles. The second kappa shape index (κ2) is 13.1. The molecule has 0 bridgehead atoms. The quantitative estimate of drug-likeness (QED) is 0.259. The van der Waals surface area contributed by atoms with Crippen molar-refractivity contribution in [3.8, 4) is 0 Å². The van der Waals surface area contributed by atoms with Gasteiger partial charge in [0.05, 0.1) is 17.7 Å². The first-order chi connectivity index (χ1) is 15.1. The number of unbranched alkanes of at least 4 members (excludes halogenated alkanes) is 1. The molecule has 0 fully saturated rings. The van der Waals surface area contributed by atoms with Gasteiger partial charge in [0.2, 0.25) is 0 Å². The summed E-state index contributed by atoms with van der Waals surface area (Å²) in [5.41, 5.74) is 5.57. The monoisotopic (exact) mass is 422 g/mol. The molecule has 0 aliphatic carbocycles. The molecule has 2 heterocycles. The molecule has 3 N–H and O–H groups in total. The Bertz CT molecular complexity index is 978. The van der Waals surface area contributed by atoms with Gasteiger partial charge in [-0.1, -0.05) is 32.4 Å². The van der Waals surface area contributed by atoms with Crippen molar-refractivity contribution >= 4 is 29.4 Å². The van der Waals surface area contributed by atoms with E-state index in [4.69, 9.17) is 4.99 Å². The Morgan fingerprint density at radius 3 is 2.65 bits per heavy atom. The van der Waals surface area contributed by atoms with Gasteiger partial charge < -0.3 is 15.6 Å². The Balaban J connectivity index is 2.04. The van der Waals surface area contributed by atoms with Gasteiger partial charge in [0, 0.05) is 25.5 Å². The molecule has 0 saturated carbocycles. The fraction of sp³-hybridized carbons (Fsp3) is 0.435. The van der Waals surface area contributed by atoms with Crippen molar-refractivity contribution in [3.05, 3.63) is 47.5 Å². The zero-order valence-corrected chi connectivity index (χ0v) is 19.2. The standard InChI is InChI=1S/C23H34N8/c1-6-9-12-26-20(18(5)24-8-3)19(17(4)7-2)25-13-10-11-14-27-22-21-23(29-15-28-21)31-16-30-22/h8,10-12,15-16,25H,6-7,9,13-14H2,1-5H3,(H2,27,28,29,30,31)/b11-10+,19-17-,20-18+,24-8?,26-12?. The minimum atomic E-state index is 0.648. The topological polar surface area (TPSA) is 103 Å². The van der Waals surface area contributed by atoms with E-state index in [0.29, 0.717) is 18.7 Å². The first-order valence-electron chi connectivity index (χ1n) is 10.8. The van der Waals surface area contributed by atoms with Gasteiger partial charge in [-0.25, -0.2) is 15.0 Å². The van der Waals surface area contributed by atoms with E-state index in [-0.39, 0.29) is 0 Å². The fourth-order valence-corrected chi connectivity index (χ4v) is 2.87. The van der Waals surface area contributed by atoms with Crippen LogP contribution in [0.5, 0.6) is 0 Å². The number of allylic oxidation sites excluding steroid dienone is 2. The summed E-state index contributed by atoms with van der Waals surface area (Å²) < 4.78 is 0. The SMILES string of the molecule is CC=N/C(C)=C(N=CCCC)\C(NC/C=C/CNc1ncnc2nc[nH]c12)=C(/C)CC. The smallest absolute Gasteiger partial charge is 0.182 e.